The molecule has 3 aromatic rings. The second kappa shape index (κ2) is 13.3. The first-order valence-electron chi connectivity index (χ1n) is 14.2. The zero-order chi connectivity index (χ0) is 28.0. The van der Waals surface area contributed by atoms with E-state index in [1.54, 1.807) is 0 Å². The fraction of sp³-hybridized carbons (Fsp3) is 0.433. The maximum Gasteiger partial charge on any atom is 0.251 e. The van der Waals surface area contributed by atoms with Crippen LogP contribution in [-0.2, 0) is 12.3 Å². The van der Waals surface area contributed by atoms with Crippen molar-refractivity contribution < 1.29 is 14.3 Å². The van der Waals surface area contributed by atoms with Gasteiger partial charge in [0.2, 0.25) is 6.79 Å². The number of hydrogen-bond acceptors (Lipinski definition) is 9. The zero-order valence-electron chi connectivity index (χ0n) is 23.1. The molecule has 4 heterocycles. The van der Waals surface area contributed by atoms with Gasteiger partial charge in [-0.3, -0.25) is 9.69 Å². The summed E-state index contributed by atoms with van der Waals surface area (Å²) in [6.07, 6.45) is 2.51. The monoisotopic (exact) mass is 594 g/mol. The first-order valence-corrected chi connectivity index (χ1v) is 15.6. The van der Waals surface area contributed by atoms with Crippen LogP contribution in [0.2, 0.25) is 5.15 Å². The van der Waals surface area contributed by atoms with E-state index in [1.165, 1.54) is 30.2 Å². The highest BCUT2D eigenvalue weighted by Crippen LogP contribution is 2.33. The number of likely N-dealkylation sites (tertiary alicyclic amines) is 1. The number of carbonyl (C=O) groups is 1. The first-order chi connectivity index (χ1) is 20.1. The predicted octanol–water partition coefficient (Wildman–Crippen LogP) is 4.30. The number of halogens is 1. The van der Waals surface area contributed by atoms with Gasteiger partial charge < -0.3 is 24.6 Å². The number of ether oxygens (including phenoxy) is 2. The molecule has 3 aliphatic rings. The topological polar surface area (TPSA) is 83.1 Å². The van der Waals surface area contributed by atoms with Gasteiger partial charge in [0.1, 0.15) is 11.0 Å². The number of nitrogens with one attached hydrogen (secondary N) is 1. The Morgan fingerprint density at radius 1 is 0.902 bits per heavy atom. The third kappa shape index (κ3) is 7.43. The van der Waals surface area contributed by atoms with E-state index in [2.05, 4.69) is 37.1 Å². The van der Waals surface area contributed by atoms with E-state index < -0.39 is 0 Å². The summed E-state index contributed by atoms with van der Waals surface area (Å²) in [5.41, 5.74) is 2.94. The lowest BCUT2D eigenvalue weighted by molar-refractivity contribution is 0.0949. The molecule has 1 N–H and O–H groups in total. The number of thioether (sulfide) groups is 1. The lowest BCUT2D eigenvalue weighted by Gasteiger charge is -2.35. The van der Waals surface area contributed by atoms with Gasteiger partial charge in [0, 0.05) is 63.2 Å². The summed E-state index contributed by atoms with van der Waals surface area (Å²) in [6.45, 7) is 8.56. The van der Waals surface area contributed by atoms with E-state index >= 15 is 0 Å². The Hall–Kier alpha value is -3.05. The molecule has 216 valence electrons. The van der Waals surface area contributed by atoms with Gasteiger partial charge in [-0.15, -0.1) is 0 Å². The minimum atomic E-state index is -0.0324. The van der Waals surface area contributed by atoms with Crippen LogP contribution in [0.4, 0.5) is 5.82 Å². The Morgan fingerprint density at radius 3 is 2.59 bits per heavy atom. The number of piperazine rings is 1. The normalized spacial score (nSPS) is 17.2. The Morgan fingerprint density at radius 2 is 1.73 bits per heavy atom. The summed E-state index contributed by atoms with van der Waals surface area (Å²) in [5.74, 6) is 3.10. The Balaban J connectivity index is 1.000. The highest BCUT2D eigenvalue weighted by atomic mass is 35.5. The van der Waals surface area contributed by atoms with E-state index in [1.807, 2.05) is 36.4 Å². The van der Waals surface area contributed by atoms with Gasteiger partial charge in [-0.1, -0.05) is 41.6 Å². The minimum absolute atomic E-state index is 0.0324. The van der Waals surface area contributed by atoms with Gasteiger partial charge in [-0.25, -0.2) is 9.97 Å². The lowest BCUT2D eigenvalue weighted by Crippen LogP contribution is -2.46. The Bertz CT molecular complexity index is 1360. The summed E-state index contributed by atoms with van der Waals surface area (Å²) >= 11 is 7.94. The summed E-state index contributed by atoms with van der Waals surface area (Å²) in [5, 5.41) is 4.13. The van der Waals surface area contributed by atoms with Crippen LogP contribution in [0.3, 0.4) is 0 Å². The Kier molecular flexibility index (Phi) is 9.10. The molecule has 11 heteroatoms. The van der Waals surface area contributed by atoms with E-state index in [0.29, 0.717) is 35.0 Å². The van der Waals surface area contributed by atoms with Gasteiger partial charge in [0.05, 0.1) is 0 Å². The van der Waals surface area contributed by atoms with Crippen molar-refractivity contribution in [3.63, 3.8) is 0 Å². The molecule has 2 saturated heterocycles. The third-order valence-corrected chi connectivity index (χ3v) is 8.78. The number of amides is 1. The highest BCUT2D eigenvalue weighted by Gasteiger charge is 2.21. The van der Waals surface area contributed by atoms with Crippen molar-refractivity contribution in [2.24, 2.45) is 0 Å². The quantitative estimate of drug-likeness (QED) is 0.210. The van der Waals surface area contributed by atoms with Crippen LogP contribution in [0.1, 0.15) is 34.3 Å². The van der Waals surface area contributed by atoms with E-state index in [0.717, 1.165) is 75.2 Å². The minimum Gasteiger partial charge on any atom is -0.454 e. The number of benzene rings is 2. The molecule has 0 bridgehead atoms. The van der Waals surface area contributed by atoms with Crippen LogP contribution in [-0.4, -0.2) is 84.8 Å². The van der Waals surface area contributed by atoms with Crippen LogP contribution < -0.4 is 19.7 Å². The summed E-state index contributed by atoms with van der Waals surface area (Å²) in [4.78, 5) is 29.0. The van der Waals surface area contributed by atoms with Crippen molar-refractivity contribution >= 4 is 35.1 Å². The number of nitrogens with zero attached hydrogens (tertiary/aromatic N) is 5. The molecule has 0 spiro atoms. The van der Waals surface area contributed by atoms with Crippen LogP contribution in [0.25, 0.3) is 0 Å². The van der Waals surface area contributed by atoms with Crippen molar-refractivity contribution in [3.05, 3.63) is 70.4 Å². The van der Waals surface area contributed by atoms with E-state index in [-0.39, 0.29) is 5.91 Å². The standard InChI is InChI=1S/C30H35ClN6O3S/c31-27-18-28(37-14-12-36(13-15-37)19-22-6-7-25-26(17-22)40-21-39-25)34-30(33-27)41-20-23-4-3-5-24(16-23)29(38)32-8-11-35-9-1-2-10-35/h3-7,16-18H,1-2,8-15,19-21H2,(H,32,38). The third-order valence-electron chi connectivity index (χ3n) is 7.67. The SMILES string of the molecule is O=C(NCCN1CCCC1)c1cccc(CSc2nc(Cl)cc(N3CCN(Cc4ccc5c(c4)OCO5)CC3)n2)c1. The van der Waals surface area contributed by atoms with Crippen molar-refractivity contribution in [2.45, 2.75) is 30.3 Å². The van der Waals surface area contributed by atoms with Gasteiger partial charge in [0.15, 0.2) is 16.7 Å². The number of carbonyl (C=O) groups excluding carboxylic acids is 1. The summed E-state index contributed by atoms with van der Waals surface area (Å²) < 4.78 is 10.9. The van der Waals surface area contributed by atoms with Crippen molar-refractivity contribution in [1.29, 1.82) is 0 Å². The number of hydrogen-bond donors (Lipinski definition) is 1. The van der Waals surface area contributed by atoms with Gasteiger partial charge in [0.25, 0.3) is 5.91 Å². The molecule has 0 aliphatic carbocycles. The average Bonchev–Trinajstić information content (AvgIpc) is 3.68. The molecule has 41 heavy (non-hydrogen) atoms. The molecule has 6 rings (SSSR count). The summed E-state index contributed by atoms with van der Waals surface area (Å²) in [6, 6.07) is 15.8. The molecular weight excluding hydrogens is 560 g/mol. The number of fused-ring (bicyclic) bond motifs is 1. The van der Waals surface area contributed by atoms with E-state index in [9.17, 15) is 4.79 Å². The summed E-state index contributed by atoms with van der Waals surface area (Å²) in [7, 11) is 0. The van der Waals surface area contributed by atoms with Crippen molar-refractivity contribution in [2.75, 3.05) is 64.1 Å². The maximum atomic E-state index is 12.7. The van der Waals surface area contributed by atoms with Crippen molar-refractivity contribution in [3.8, 4) is 11.5 Å². The van der Waals surface area contributed by atoms with Crippen molar-refractivity contribution in [1.82, 2.24) is 25.1 Å². The highest BCUT2D eigenvalue weighted by molar-refractivity contribution is 7.98. The van der Waals surface area contributed by atoms with Crippen LogP contribution >= 0.6 is 23.4 Å². The molecule has 0 radical (unpaired) electrons. The number of rotatable bonds is 10. The molecule has 9 nitrogen and oxygen atoms in total. The maximum absolute atomic E-state index is 12.7. The first kappa shape index (κ1) is 28.1. The smallest absolute Gasteiger partial charge is 0.251 e. The molecule has 0 saturated carbocycles. The van der Waals surface area contributed by atoms with Gasteiger partial charge in [-0.05, 0) is 61.3 Å². The largest absolute Gasteiger partial charge is 0.454 e. The van der Waals surface area contributed by atoms with Crippen LogP contribution in [0.15, 0.2) is 53.7 Å². The molecule has 3 aliphatic heterocycles. The number of anilines is 1. The van der Waals surface area contributed by atoms with E-state index in [4.69, 9.17) is 26.1 Å². The molecule has 1 aromatic heterocycles. The average molecular weight is 595 g/mol. The van der Waals surface area contributed by atoms with Gasteiger partial charge >= 0.3 is 0 Å². The van der Waals surface area contributed by atoms with Crippen LogP contribution in [0.5, 0.6) is 11.5 Å². The van der Waals surface area contributed by atoms with Crippen LogP contribution in [0, 0.1) is 0 Å². The fourth-order valence-electron chi connectivity index (χ4n) is 5.43. The second-order valence-electron chi connectivity index (χ2n) is 10.6. The second-order valence-corrected chi connectivity index (χ2v) is 11.9. The Labute approximate surface area is 250 Å². The van der Waals surface area contributed by atoms with Gasteiger partial charge in [-0.2, -0.15) is 0 Å². The molecule has 2 aromatic carbocycles. The molecule has 0 unspecified atom stereocenters. The fourth-order valence-corrected chi connectivity index (χ4v) is 6.45. The lowest BCUT2D eigenvalue weighted by atomic mass is 10.1. The zero-order valence-corrected chi connectivity index (χ0v) is 24.6. The molecule has 0 atom stereocenters. The molecule has 2 fully saturated rings. The predicted molar refractivity (Wildman–Crippen MR) is 161 cm³/mol. The molecular formula is C30H35ClN6O3S. The number of aromatic nitrogens is 2. The molecule has 1 amide bonds.